The van der Waals surface area contributed by atoms with E-state index < -0.39 is 0 Å². The first-order chi connectivity index (χ1) is 8.70. The average Bonchev–Trinajstić information content (AvgIpc) is 3.18. The molecule has 0 amide bonds. The lowest BCUT2D eigenvalue weighted by Crippen LogP contribution is -2.58. The molecule has 2 rings (SSSR count). The SMILES string of the molecule is CCC1CN(CCOCC2CC2)C(C(C)C)CN1. The Morgan fingerprint density at radius 1 is 1.33 bits per heavy atom. The Hall–Kier alpha value is -0.120. The molecule has 106 valence electrons. The van der Waals surface area contributed by atoms with Gasteiger partial charge in [-0.05, 0) is 31.1 Å². The number of rotatable bonds is 7. The maximum absolute atomic E-state index is 5.80. The second-order valence-corrected chi connectivity index (χ2v) is 6.34. The minimum absolute atomic E-state index is 0.670. The van der Waals surface area contributed by atoms with Crippen molar-refractivity contribution in [3.63, 3.8) is 0 Å². The van der Waals surface area contributed by atoms with Crippen molar-refractivity contribution in [2.24, 2.45) is 11.8 Å². The largest absolute Gasteiger partial charge is 0.380 e. The topological polar surface area (TPSA) is 24.5 Å². The Bertz CT molecular complexity index is 241. The second kappa shape index (κ2) is 6.88. The normalized spacial score (nSPS) is 30.0. The molecule has 1 heterocycles. The molecule has 2 atom stereocenters. The number of piperazine rings is 1. The summed E-state index contributed by atoms with van der Waals surface area (Å²) in [6, 6.07) is 1.35. The minimum Gasteiger partial charge on any atom is -0.380 e. The monoisotopic (exact) mass is 254 g/mol. The molecule has 1 aliphatic carbocycles. The minimum atomic E-state index is 0.670. The van der Waals surface area contributed by atoms with Crippen LogP contribution >= 0.6 is 0 Å². The highest BCUT2D eigenvalue weighted by Crippen LogP contribution is 2.28. The average molecular weight is 254 g/mol. The fourth-order valence-electron chi connectivity index (χ4n) is 2.80. The first-order valence-corrected chi connectivity index (χ1v) is 7.75. The van der Waals surface area contributed by atoms with Crippen LogP contribution in [0.5, 0.6) is 0 Å². The number of hydrogen-bond acceptors (Lipinski definition) is 3. The number of nitrogens with one attached hydrogen (secondary N) is 1. The van der Waals surface area contributed by atoms with E-state index in [1.165, 1.54) is 25.8 Å². The molecular formula is C15H30N2O. The van der Waals surface area contributed by atoms with Gasteiger partial charge in [-0.1, -0.05) is 20.8 Å². The molecule has 1 saturated heterocycles. The lowest BCUT2D eigenvalue weighted by atomic mass is 9.98. The van der Waals surface area contributed by atoms with Gasteiger partial charge in [0.25, 0.3) is 0 Å². The molecule has 0 bridgehead atoms. The molecular weight excluding hydrogens is 224 g/mol. The van der Waals surface area contributed by atoms with E-state index in [2.05, 4.69) is 31.0 Å². The van der Waals surface area contributed by atoms with E-state index in [9.17, 15) is 0 Å². The molecule has 0 radical (unpaired) electrons. The van der Waals surface area contributed by atoms with Gasteiger partial charge in [0.05, 0.1) is 6.61 Å². The van der Waals surface area contributed by atoms with Gasteiger partial charge in [0.1, 0.15) is 0 Å². The first-order valence-electron chi connectivity index (χ1n) is 7.75. The zero-order valence-corrected chi connectivity index (χ0v) is 12.3. The molecule has 18 heavy (non-hydrogen) atoms. The van der Waals surface area contributed by atoms with Crippen molar-refractivity contribution in [3.05, 3.63) is 0 Å². The lowest BCUT2D eigenvalue weighted by molar-refractivity contribution is 0.0467. The Kier molecular flexibility index (Phi) is 5.46. The van der Waals surface area contributed by atoms with Crippen molar-refractivity contribution in [2.75, 3.05) is 32.8 Å². The van der Waals surface area contributed by atoms with Crippen molar-refractivity contribution in [2.45, 2.75) is 52.1 Å². The van der Waals surface area contributed by atoms with Gasteiger partial charge in [-0.15, -0.1) is 0 Å². The third-order valence-corrected chi connectivity index (χ3v) is 4.38. The quantitative estimate of drug-likeness (QED) is 0.704. The molecule has 0 aromatic carbocycles. The van der Waals surface area contributed by atoms with Crippen LogP contribution < -0.4 is 5.32 Å². The van der Waals surface area contributed by atoms with Gasteiger partial charge in [-0.2, -0.15) is 0 Å². The lowest BCUT2D eigenvalue weighted by Gasteiger charge is -2.42. The summed E-state index contributed by atoms with van der Waals surface area (Å²) in [6.07, 6.45) is 4.00. The molecule has 0 spiro atoms. The number of hydrogen-bond donors (Lipinski definition) is 1. The molecule has 1 aliphatic heterocycles. The zero-order chi connectivity index (χ0) is 13.0. The van der Waals surface area contributed by atoms with Gasteiger partial charge in [-0.3, -0.25) is 4.90 Å². The van der Waals surface area contributed by atoms with Crippen LogP contribution in [0.2, 0.25) is 0 Å². The number of nitrogens with zero attached hydrogens (tertiary/aromatic N) is 1. The van der Waals surface area contributed by atoms with Crippen LogP contribution in [0.3, 0.4) is 0 Å². The Morgan fingerprint density at radius 3 is 2.72 bits per heavy atom. The maximum Gasteiger partial charge on any atom is 0.0593 e. The highest BCUT2D eigenvalue weighted by molar-refractivity contribution is 4.87. The summed E-state index contributed by atoms with van der Waals surface area (Å²) >= 11 is 0. The molecule has 2 aliphatic rings. The van der Waals surface area contributed by atoms with E-state index in [1.807, 2.05) is 0 Å². The smallest absolute Gasteiger partial charge is 0.0593 e. The van der Waals surface area contributed by atoms with Crippen LogP contribution in [0.15, 0.2) is 0 Å². The summed E-state index contributed by atoms with van der Waals surface area (Å²) in [7, 11) is 0. The Morgan fingerprint density at radius 2 is 2.11 bits per heavy atom. The zero-order valence-electron chi connectivity index (χ0n) is 12.3. The van der Waals surface area contributed by atoms with Gasteiger partial charge in [-0.25, -0.2) is 0 Å². The molecule has 3 heteroatoms. The highest BCUT2D eigenvalue weighted by Gasteiger charge is 2.28. The van der Waals surface area contributed by atoms with E-state index in [0.717, 1.165) is 38.1 Å². The third kappa shape index (κ3) is 4.22. The Balaban J connectivity index is 1.72. The van der Waals surface area contributed by atoms with Crippen LogP contribution in [0.25, 0.3) is 0 Å². The first kappa shape index (κ1) is 14.3. The van der Waals surface area contributed by atoms with Gasteiger partial charge in [0, 0.05) is 38.3 Å². The fourth-order valence-corrected chi connectivity index (χ4v) is 2.80. The van der Waals surface area contributed by atoms with Crippen molar-refractivity contribution in [3.8, 4) is 0 Å². The standard InChI is InChI=1S/C15H30N2O/c1-4-14-10-17(15(9-16-14)12(2)3)7-8-18-11-13-5-6-13/h12-16H,4-11H2,1-3H3. The Labute approximate surface area is 112 Å². The van der Waals surface area contributed by atoms with Crippen molar-refractivity contribution in [1.82, 2.24) is 10.2 Å². The van der Waals surface area contributed by atoms with Crippen molar-refractivity contribution in [1.29, 1.82) is 0 Å². The predicted molar refractivity (Wildman–Crippen MR) is 75.8 cm³/mol. The molecule has 2 fully saturated rings. The second-order valence-electron chi connectivity index (χ2n) is 6.34. The maximum atomic E-state index is 5.80. The number of ether oxygens (including phenoxy) is 1. The van der Waals surface area contributed by atoms with Crippen LogP contribution in [0.1, 0.15) is 40.0 Å². The van der Waals surface area contributed by atoms with E-state index in [0.29, 0.717) is 12.1 Å². The highest BCUT2D eigenvalue weighted by atomic mass is 16.5. The van der Waals surface area contributed by atoms with Gasteiger partial charge < -0.3 is 10.1 Å². The summed E-state index contributed by atoms with van der Waals surface area (Å²) in [5, 5.41) is 3.67. The van der Waals surface area contributed by atoms with Crippen molar-refractivity contribution >= 4 is 0 Å². The molecule has 0 aromatic rings. The molecule has 2 unspecified atom stereocenters. The third-order valence-electron chi connectivity index (χ3n) is 4.38. The van der Waals surface area contributed by atoms with Gasteiger partial charge >= 0.3 is 0 Å². The van der Waals surface area contributed by atoms with E-state index in [1.54, 1.807) is 0 Å². The van der Waals surface area contributed by atoms with E-state index >= 15 is 0 Å². The molecule has 1 N–H and O–H groups in total. The molecule has 1 saturated carbocycles. The molecule has 0 aromatic heterocycles. The fraction of sp³-hybridized carbons (Fsp3) is 1.00. The van der Waals surface area contributed by atoms with Crippen LogP contribution in [0, 0.1) is 11.8 Å². The van der Waals surface area contributed by atoms with Gasteiger partial charge in [0.2, 0.25) is 0 Å². The summed E-state index contributed by atoms with van der Waals surface area (Å²) < 4.78 is 5.80. The van der Waals surface area contributed by atoms with Crippen LogP contribution in [-0.2, 0) is 4.74 Å². The summed E-state index contributed by atoms with van der Waals surface area (Å²) in [6.45, 7) is 12.3. The molecule has 3 nitrogen and oxygen atoms in total. The summed E-state index contributed by atoms with van der Waals surface area (Å²) in [5.41, 5.74) is 0. The summed E-state index contributed by atoms with van der Waals surface area (Å²) in [5.74, 6) is 1.61. The van der Waals surface area contributed by atoms with E-state index in [-0.39, 0.29) is 0 Å². The van der Waals surface area contributed by atoms with Crippen LogP contribution in [-0.4, -0.2) is 49.8 Å². The predicted octanol–water partition coefficient (Wildman–Crippen LogP) is 2.12. The summed E-state index contributed by atoms with van der Waals surface area (Å²) in [4.78, 5) is 2.64. The van der Waals surface area contributed by atoms with Crippen LogP contribution in [0.4, 0.5) is 0 Å². The van der Waals surface area contributed by atoms with E-state index in [4.69, 9.17) is 4.74 Å². The van der Waals surface area contributed by atoms with Crippen molar-refractivity contribution < 1.29 is 4.74 Å². The van der Waals surface area contributed by atoms with Gasteiger partial charge in [0.15, 0.2) is 0 Å².